The lowest BCUT2D eigenvalue weighted by Gasteiger charge is -2.36. The maximum absolute atomic E-state index is 13.7. The number of nitrogens with one attached hydrogen (secondary N) is 2. The predicted octanol–water partition coefficient (Wildman–Crippen LogP) is 1.93. The van der Waals surface area contributed by atoms with Crippen LogP contribution in [0.25, 0.3) is 0 Å². The monoisotopic (exact) mass is 457 g/mol. The Bertz CT molecular complexity index is 909. The lowest BCUT2D eigenvalue weighted by atomic mass is 9.62. The fourth-order valence-electron chi connectivity index (χ4n) is 6.15. The van der Waals surface area contributed by atoms with Crippen molar-refractivity contribution in [3.63, 3.8) is 0 Å². The lowest BCUT2D eigenvalue weighted by molar-refractivity contribution is -0.146. The molecule has 0 radical (unpaired) electrons. The fourth-order valence-corrected chi connectivity index (χ4v) is 6.15. The van der Waals surface area contributed by atoms with Gasteiger partial charge in [0.1, 0.15) is 11.6 Å². The van der Waals surface area contributed by atoms with Gasteiger partial charge >= 0.3 is 0 Å². The third-order valence-corrected chi connectivity index (χ3v) is 7.77. The molecule has 3 heterocycles. The van der Waals surface area contributed by atoms with Crippen molar-refractivity contribution in [1.82, 2.24) is 10.2 Å². The second kappa shape index (κ2) is 9.06. The highest BCUT2D eigenvalue weighted by Gasteiger charge is 2.79. The van der Waals surface area contributed by atoms with Gasteiger partial charge in [-0.2, -0.15) is 0 Å². The second-order valence-electron chi connectivity index (χ2n) is 9.81. The number of aliphatic hydroxyl groups excluding tert-OH is 1. The molecule has 0 aliphatic carbocycles. The molecular weight excluding hydrogens is 422 g/mol. The Hall–Kier alpha value is -2.45. The molecule has 3 N–H and O–H groups in total. The van der Waals surface area contributed by atoms with E-state index in [1.165, 1.54) is 0 Å². The molecule has 6 atom stereocenters. The number of anilines is 1. The molecule has 33 heavy (non-hydrogen) atoms. The zero-order valence-corrected chi connectivity index (χ0v) is 19.7. The number of likely N-dealkylation sites (tertiary alicyclic amines) is 1. The van der Waals surface area contributed by atoms with Crippen molar-refractivity contribution >= 4 is 23.4 Å². The number of unbranched alkanes of at least 4 members (excludes halogenated alkanes) is 1. The number of carbonyl (C=O) groups is 3. The molecule has 8 heteroatoms. The van der Waals surface area contributed by atoms with Crippen LogP contribution >= 0.6 is 0 Å². The lowest BCUT2D eigenvalue weighted by Crippen LogP contribution is -2.56. The SMILES string of the molecule is CCCCNC(=O)C1N(CCCO)C(=O)[C@@H]2[C@H](C(=O)Nc3ccccc3)[C@@]3(C)OC12CC3C. The smallest absolute Gasteiger partial charge is 0.245 e. The molecule has 1 aromatic rings. The number of rotatable bonds is 9. The van der Waals surface area contributed by atoms with E-state index in [-0.39, 0.29) is 36.8 Å². The van der Waals surface area contributed by atoms with Crippen molar-refractivity contribution in [3.05, 3.63) is 30.3 Å². The molecule has 3 aliphatic rings. The zero-order chi connectivity index (χ0) is 23.8. The van der Waals surface area contributed by atoms with Crippen molar-refractivity contribution in [1.29, 1.82) is 0 Å². The van der Waals surface area contributed by atoms with Gasteiger partial charge in [-0.25, -0.2) is 0 Å². The largest absolute Gasteiger partial charge is 0.396 e. The molecule has 1 aromatic carbocycles. The highest BCUT2D eigenvalue weighted by molar-refractivity contribution is 6.02. The number of hydrogen-bond donors (Lipinski definition) is 3. The van der Waals surface area contributed by atoms with Crippen LogP contribution in [0.3, 0.4) is 0 Å². The van der Waals surface area contributed by atoms with Crippen LogP contribution in [-0.2, 0) is 19.1 Å². The maximum atomic E-state index is 13.7. The van der Waals surface area contributed by atoms with E-state index in [1.54, 1.807) is 4.90 Å². The van der Waals surface area contributed by atoms with Crippen molar-refractivity contribution in [2.24, 2.45) is 17.8 Å². The van der Waals surface area contributed by atoms with Gasteiger partial charge in [-0.1, -0.05) is 38.5 Å². The number of para-hydroxylation sites is 1. The van der Waals surface area contributed by atoms with Crippen molar-refractivity contribution in [2.45, 2.75) is 63.7 Å². The average molecular weight is 458 g/mol. The van der Waals surface area contributed by atoms with Gasteiger partial charge in [0.05, 0.1) is 17.4 Å². The van der Waals surface area contributed by atoms with Gasteiger partial charge in [-0.05, 0) is 44.2 Å². The van der Waals surface area contributed by atoms with E-state index in [0.717, 1.165) is 12.8 Å². The number of aliphatic hydroxyl groups is 1. The van der Waals surface area contributed by atoms with Gasteiger partial charge in [0, 0.05) is 25.4 Å². The average Bonchev–Trinajstić information content (AvgIpc) is 3.30. The molecule has 4 rings (SSSR count). The Kier molecular flexibility index (Phi) is 6.51. The first-order valence-electron chi connectivity index (χ1n) is 12.0. The summed E-state index contributed by atoms with van der Waals surface area (Å²) < 4.78 is 6.63. The topological polar surface area (TPSA) is 108 Å². The molecule has 0 saturated carbocycles. The summed E-state index contributed by atoms with van der Waals surface area (Å²) in [4.78, 5) is 42.2. The summed E-state index contributed by atoms with van der Waals surface area (Å²) in [7, 11) is 0. The van der Waals surface area contributed by atoms with Crippen LogP contribution in [0.1, 0.15) is 46.5 Å². The van der Waals surface area contributed by atoms with E-state index in [2.05, 4.69) is 10.6 Å². The number of nitrogens with zero attached hydrogens (tertiary/aromatic N) is 1. The molecule has 3 unspecified atom stereocenters. The van der Waals surface area contributed by atoms with Gasteiger partial charge < -0.3 is 25.4 Å². The molecule has 8 nitrogen and oxygen atoms in total. The summed E-state index contributed by atoms with van der Waals surface area (Å²) in [6, 6.07) is 8.36. The minimum atomic E-state index is -1.05. The van der Waals surface area contributed by atoms with Crippen LogP contribution < -0.4 is 10.6 Å². The Morgan fingerprint density at radius 1 is 1.21 bits per heavy atom. The number of hydrogen-bond acceptors (Lipinski definition) is 5. The molecule has 1 spiro atoms. The summed E-state index contributed by atoms with van der Waals surface area (Å²) in [6.45, 7) is 6.67. The summed E-state index contributed by atoms with van der Waals surface area (Å²) >= 11 is 0. The third-order valence-electron chi connectivity index (χ3n) is 7.77. The summed E-state index contributed by atoms with van der Waals surface area (Å²) in [5.41, 5.74) is -1.23. The molecule has 0 aromatic heterocycles. The first kappa shape index (κ1) is 23.7. The van der Waals surface area contributed by atoms with Crippen molar-refractivity contribution in [3.8, 4) is 0 Å². The summed E-state index contributed by atoms with van der Waals surface area (Å²) in [5, 5.41) is 15.3. The minimum Gasteiger partial charge on any atom is -0.396 e. The van der Waals surface area contributed by atoms with E-state index in [0.29, 0.717) is 25.1 Å². The molecule has 3 saturated heterocycles. The fraction of sp³-hybridized carbons (Fsp3) is 0.640. The molecule has 3 aliphatic heterocycles. The standard InChI is InChI=1S/C25H35N3O5/c1-4-5-12-26-22(31)20-25-15-16(2)24(3,33-25)18(19(25)23(32)28(20)13-9-14-29)21(30)27-17-10-7-6-8-11-17/h6-8,10-11,16,18-20,29H,4-5,9,12-15H2,1-3H3,(H,26,31)(H,27,30)/t16?,18-,19+,20?,24+,25?/m1/s1. The van der Waals surface area contributed by atoms with Crippen LogP contribution in [0.4, 0.5) is 5.69 Å². The van der Waals surface area contributed by atoms with Gasteiger partial charge in [-0.15, -0.1) is 0 Å². The number of carbonyl (C=O) groups excluding carboxylic acids is 3. The van der Waals surface area contributed by atoms with Crippen molar-refractivity contribution < 1.29 is 24.2 Å². The van der Waals surface area contributed by atoms with E-state index >= 15 is 0 Å². The van der Waals surface area contributed by atoms with Gasteiger partial charge in [0.15, 0.2) is 0 Å². The Morgan fingerprint density at radius 3 is 2.61 bits per heavy atom. The molecule has 2 bridgehead atoms. The molecular formula is C25H35N3O5. The van der Waals surface area contributed by atoms with Crippen LogP contribution in [0.2, 0.25) is 0 Å². The van der Waals surface area contributed by atoms with Gasteiger partial charge in [0.25, 0.3) is 0 Å². The van der Waals surface area contributed by atoms with Gasteiger partial charge in [-0.3, -0.25) is 14.4 Å². The first-order valence-corrected chi connectivity index (χ1v) is 12.0. The Balaban J connectivity index is 1.70. The van der Waals surface area contributed by atoms with Crippen LogP contribution in [0, 0.1) is 17.8 Å². The minimum absolute atomic E-state index is 0.00296. The molecule has 3 amide bonds. The van der Waals surface area contributed by atoms with Gasteiger partial charge in [0.2, 0.25) is 17.7 Å². The highest BCUT2D eigenvalue weighted by atomic mass is 16.5. The second-order valence-corrected chi connectivity index (χ2v) is 9.81. The highest BCUT2D eigenvalue weighted by Crippen LogP contribution is 2.65. The van der Waals surface area contributed by atoms with Crippen LogP contribution in [-0.4, -0.2) is 64.7 Å². The third kappa shape index (κ3) is 3.73. The van der Waals surface area contributed by atoms with Crippen LogP contribution in [0.5, 0.6) is 0 Å². The molecule has 3 fully saturated rings. The quantitative estimate of drug-likeness (QED) is 0.491. The number of fused-ring (bicyclic) bond motifs is 1. The summed E-state index contributed by atoms with van der Waals surface area (Å²) in [6.07, 6.45) is 2.69. The first-order chi connectivity index (χ1) is 15.8. The van der Waals surface area contributed by atoms with E-state index < -0.39 is 29.1 Å². The van der Waals surface area contributed by atoms with E-state index in [9.17, 15) is 19.5 Å². The zero-order valence-electron chi connectivity index (χ0n) is 19.7. The number of ether oxygens (including phenoxy) is 1. The Labute approximate surface area is 195 Å². The van der Waals surface area contributed by atoms with E-state index in [4.69, 9.17) is 4.74 Å². The number of benzene rings is 1. The normalized spacial score (nSPS) is 34.4. The number of amides is 3. The van der Waals surface area contributed by atoms with Crippen molar-refractivity contribution in [2.75, 3.05) is 25.0 Å². The summed E-state index contributed by atoms with van der Waals surface area (Å²) in [5.74, 6) is -2.18. The predicted molar refractivity (Wildman–Crippen MR) is 123 cm³/mol. The molecule has 180 valence electrons. The maximum Gasteiger partial charge on any atom is 0.245 e. The van der Waals surface area contributed by atoms with E-state index in [1.807, 2.05) is 51.1 Å². The van der Waals surface area contributed by atoms with Crippen LogP contribution in [0.15, 0.2) is 30.3 Å². The Morgan fingerprint density at radius 2 is 1.94 bits per heavy atom.